The van der Waals surface area contributed by atoms with Gasteiger partial charge in [0.1, 0.15) is 24.1 Å². The van der Waals surface area contributed by atoms with E-state index >= 15 is 0 Å². The molecule has 0 saturated heterocycles. The first-order valence-electron chi connectivity index (χ1n) is 14.5. The molecule has 0 aliphatic carbocycles. The van der Waals surface area contributed by atoms with E-state index in [0.29, 0.717) is 40.8 Å². The average Bonchev–Trinajstić information content (AvgIpc) is 3.59. The summed E-state index contributed by atoms with van der Waals surface area (Å²) in [6, 6.07) is 23.6. The fourth-order valence-electron chi connectivity index (χ4n) is 6.15. The third kappa shape index (κ3) is 5.01. The van der Waals surface area contributed by atoms with Crippen molar-refractivity contribution in [3.63, 3.8) is 0 Å². The SMILES string of the molecule is COC(=O)[C@@H]1Cc2c[nH]c3ccc(O)c(c23)[C@@H](c2cn(S(=O)(=O)c3ccc(C)cc3)c3ccc(OCc4ccccc4)cc23)N1. The number of phenolic OH excluding ortho intramolecular Hbond substituents is 1. The van der Waals surface area contributed by atoms with Crippen molar-refractivity contribution in [2.45, 2.75) is 36.9 Å². The van der Waals surface area contributed by atoms with Gasteiger partial charge in [-0.3, -0.25) is 10.1 Å². The van der Waals surface area contributed by atoms with Crippen molar-refractivity contribution < 1.29 is 27.8 Å². The largest absolute Gasteiger partial charge is 0.508 e. The van der Waals surface area contributed by atoms with Crippen LogP contribution in [0.3, 0.4) is 0 Å². The first kappa shape index (κ1) is 28.7. The van der Waals surface area contributed by atoms with E-state index in [1.807, 2.05) is 49.5 Å². The van der Waals surface area contributed by atoms with Crippen LogP contribution >= 0.6 is 0 Å². The zero-order valence-electron chi connectivity index (χ0n) is 24.7. The minimum absolute atomic E-state index is 0.0186. The number of aromatic hydroxyl groups is 1. The number of hydrogen-bond donors (Lipinski definition) is 3. The summed E-state index contributed by atoms with van der Waals surface area (Å²) in [6.45, 7) is 2.22. The summed E-state index contributed by atoms with van der Waals surface area (Å²) in [7, 11) is -2.70. The Morgan fingerprint density at radius 2 is 1.80 bits per heavy atom. The second-order valence-electron chi connectivity index (χ2n) is 11.3. The number of nitrogens with one attached hydrogen (secondary N) is 2. The zero-order valence-corrected chi connectivity index (χ0v) is 25.5. The molecule has 0 unspecified atom stereocenters. The molecule has 0 radical (unpaired) electrons. The summed E-state index contributed by atoms with van der Waals surface area (Å²) in [5.41, 5.74) is 5.07. The number of carbonyl (C=O) groups excluding carboxylic acids is 1. The molecular weight excluding hydrogens is 590 g/mol. The van der Waals surface area contributed by atoms with Gasteiger partial charge in [0.2, 0.25) is 0 Å². The number of nitrogens with zero attached hydrogens (tertiary/aromatic N) is 1. The number of methoxy groups -OCH3 is 1. The Morgan fingerprint density at radius 1 is 1.02 bits per heavy atom. The molecule has 9 nitrogen and oxygen atoms in total. The highest BCUT2D eigenvalue weighted by Crippen LogP contribution is 2.43. The van der Waals surface area contributed by atoms with Gasteiger partial charge in [0.25, 0.3) is 10.0 Å². The van der Waals surface area contributed by atoms with Gasteiger partial charge >= 0.3 is 5.97 Å². The van der Waals surface area contributed by atoms with Crippen LogP contribution in [0, 0.1) is 6.92 Å². The summed E-state index contributed by atoms with van der Waals surface area (Å²) in [5.74, 6) is 0.0932. The van der Waals surface area contributed by atoms with E-state index in [0.717, 1.165) is 27.6 Å². The van der Waals surface area contributed by atoms with E-state index in [1.54, 1.807) is 54.7 Å². The summed E-state index contributed by atoms with van der Waals surface area (Å²) >= 11 is 0. The van der Waals surface area contributed by atoms with Gasteiger partial charge < -0.3 is 19.6 Å². The highest BCUT2D eigenvalue weighted by molar-refractivity contribution is 7.90. The Bertz CT molecular complexity index is 2170. The minimum atomic E-state index is -4.04. The lowest BCUT2D eigenvalue weighted by Gasteiger charge is -2.23. The van der Waals surface area contributed by atoms with Crippen molar-refractivity contribution >= 4 is 37.8 Å². The smallest absolute Gasteiger partial charge is 0.323 e. The maximum atomic E-state index is 14.1. The predicted molar refractivity (Wildman–Crippen MR) is 171 cm³/mol. The zero-order chi connectivity index (χ0) is 31.3. The van der Waals surface area contributed by atoms with Gasteiger partial charge in [-0.1, -0.05) is 48.0 Å². The number of benzene rings is 4. The lowest BCUT2D eigenvalue weighted by Crippen LogP contribution is -2.40. The molecule has 2 atom stereocenters. The molecule has 3 heterocycles. The number of rotatable bonds is 7. The van der Waals surface area contributed by atoms with E-state index < -0.39 is 28.1 Å². The molecule has 3 N–H and O–H groups in total. The van der Waals surface area contributed by atoms with Crippen LogP contribution in [-0.2, 0) is 32.6 Å². The average molecular weight is 622 g/mol. The summed E-state index contributed by atoms with van der Waals surface area (Å²) < 4.78 is 40.8. The molecule has 0 spiro atoms. The lowest BCUT2D eigenvalue weighted by atomic mass is 9.94. The number of aromatic amines is 1. The first-order chi connectivity index (χ1) is 21.7. The fourth-order valence-corrected chi connectivity index (χ4v) is 7.53. The van der Waals surface area contributed by atoms with Crippen molar-refractivity contribution in [3.05, 3.63) is 125 Å². The Kier molecular flexibility index (Phi) is 7.10. The topological polar surface area (TPSA) is 123 Å². The molecule has 2 aromatic heterocycles. The molecule has 7 rings (SSSR count). The number of ether oxygens (including phenoxy) is 2. The molecule has 4 aromatic carbocycles. The number of carbonyl (C=O) groups is 1. The number of fused-ring (bicyclic) bond motifs is 1. The van der Waals surface area contributed by atoms with E-state index in [1.165, 1.54) is 11.1 Å². The van der Waals surface area contributed by atoms with Crippen LogP contribution in [0.2, 0.25) is 0 Å². The minimum Gasteiger partial charge on any atom is -0.508 e. The molecule has 0 fully saturated rings. The van der Waals surface area contributed by atoms with E-state index in [9.17, 15) is 18.3 Å². The van der Waals surface area contributed by atoms with Crippen LogP contribution < -0.4 is 10.1 Å². The Labute approximate surface area is 260 Å². The van der Waals surface area contributed by atoms with Crippen LogP contribution in [-0.4, -0.2) is 41.6 Å². The summed E-state index contributed by atoms with van der Waals surface area (Å²) in [4.78, 5) is 16.4. The van der Waals surface area contributed by atoms with Gasteiger partial charge in [0.15, 0.2) is 0 Å². The van der Waals surface area contributed by atoms with Crippen molar-refractivity contribution in [1.82, 2.24) is 14.3 Å². The van der Waals surface area contributed by atoms with E-state index in [2.05, 4.69) is 10.3 Å². The number of aromatic nitrogens is 2. The fraction of sp³-hybridized carbons (Fsp3) is 0.171. The number of H-pyrrole nitrogens is 1. The van der Waals surface area contributed by atoms with Crippen LogP contribution in [0.5, 0.6) is 11.5 Å². The van der Waals surface area contributed by atoms with Gasteiger partial charge in [-0.15, -0.1) is 0 Å². The Hall–Kier alpha value is -5.06. The maximum Gasteiger partial charge on any atom is 0.323 e. The Balaban J connectivity index is 1.45. The van der Waals surface area contributed by atoms with Crippen LogP contribution in [0.25, 0.3) is 21.8 Å². The van der Waals surface area contributed by atoms with Crippen LogP contribution in [0.1, 0.15) is 33.9 Å². The maximum absolute atomic E-state index is 14.1. The third-order valence-electron chi connectivity index (χ3n) is 8.42. The molecule has 1 aliphatic heterocycles. The second-order valence-corrected chi connectivity index (χ2v) is 13.1. The normalized spacial score (nSPS) is 16.5. The van der Waals surface area contributed by atoms with E-state index in [4.69, 9.17) is 9.47 Å². The number of phenols is 1. The molecule has 0 bridgehead atoms. The third-order valence-corrected chi connectivity index (χ3v) is 10.1. The predicted octanol–water partition coefficient (Wildman–Crippen LogP) is 5.73. The molecule has 0 saturated carbocycles. The number of aryl methyl sites for hydroxylation is 1. The molecule has 6 aromatic rings. The highest BCUT2D eigenvalue weighted by atomic mass is 32.2. The lowest BCUT2D eigenvalue weighted by molar-refractivity contribution is -0.143. The quantitative estimate of drug-likeness (QED) is 0.195. The second kappa shape index (κ2) is 11.1. The molecular formula is C35H31N3O6S. The molecule has 1 aliphatic rings. The van der Waals surface area contributed by atoms with Crippen molar-refractivity contribution in [1.29, 1.82) is 0 Å². The van der Waals surface area contributed by atoms with Crippen molar-refractivity contribution in [2.24, 2.45) is 0 Å². The van der Waals surface area contributed by atoms with Gasteiger partial charge in [0.05, 0.1) is 23.6 Å². The molecule has 0 amide bonds. The molecule has 228 valence electrons. The monoisotopic (exact) mass is 621 g/mol. The van der Waals surface area contributed by atoms with Gasteiger partial charge in [-0.2, -0.15) is 0 Å². The van der Waals surface area contributed by atoms with Crippen molar-refractivity contribution in [2.75, 3.05) is 7.11 Å². The van der Waals surface area contributed by atoms with Crippen LogP contribution in [0.4, 0.5) is 0 Å². The van der Waals surface area contributed by atoms with Gasteiger partial charge in [0, 0.05) is 46.2 Å². The summed E-state index contributed by atoms with van der Waals surface area (Å²) in [5, 5.41) is 16.1. The van der Waals surface area contributed by atoms with Gasteiger partial charge in [-0.05, 0) is 60.5 Å². The van der Waals surface area contributed by atoms with Crippen LogP contribution in [0.15, 0.2) is 102 Å². The van der Waals surface area contributed by atoms with E-state index in [-0.39, 0.29) is 10.6 Å². The molecule has 10 heteroatoms. The standard InChI is InChI=1S/C35H31N3O6S/c1-21-8-11-25(12-9-21)45(41,42)38-19-27(26-17-24(10-14-30(26)38)44-20-22-6-4-3-5-7-22)34-33-31(39)15-13-28-32(33)23(18-36-28)16-29(37-34)35(40)43-2/h3-15,17-19,29,34,36-37,39H,16,20H2,1-2H3/t29-,34+/m0/s1. The first-order valence-corrected chi connectivity index (χ1v) is 16.0. The number of esters is 1. The molecule has 45 heavy (non-hydrogen) atoms. The Morgan fingerprint density at radius 3 is 2.56 bits per heavy atom. The number of hydrogen-bond acceptors (Lipinski definition) is 7. The summed E-state index contributed by atoms with van der Waals surface area (Å²) in [6.07, 6.45) is 3.71. The van der Waals surface area contributed by atoms with Gasteiger partial charge in [-0.25, -0.2) is 12.4 Å². The highest BCUT2D eigenvalue weighted by Gasteiger charge is 2.35. The van der Waals surface area contributed by atoms with Crippen molar-refractivity contribution in [3.8, 4) is 11.5 Å².